The normalized spacial score (nSPS) is 11.9. The van der Waals surface area contributed by atoms with Gasteiger partial charge in [0.25, 0.3) is 0 Å². The number of benzene rings is 2. The SMILES string of the molecule is COc1ccc(C)cc1CC(=O)C(O)c1ccccc1. The van der Waals surface area contributed by atoms with Gasteiger partial charge in [0.1, 0.15) is 11.9 Å². The van der Waals surface area contributed by atoms with E-state index in [2.05, 4.69) is 0 Å². The molecule has 1 N–H and O–H groups in total. The molecule has 20 heavy (non-hydrogen) atoms. The number of aryl methyl sites for hydroxylation is 1. The minimum Gasteiger partial charge on any atom is -0.496 e. The molecule has 3 nitrogen and oxygen atoms in total. The molecule has 0 radical (unpaired) electrons. The largest absolute Gasteiger partial charge is 0.496 e. The van der Waals surface area contributed by atoms with Crippen molar-refractivity contribution < 1.29 is 14.6 Å². The quantitative estimate of drug-likeness (QED) is 0.908. The lowest BCUT2D eigenvalue weighted by molar-refractivity contribution is -0.126. The third-order valence-electron chi connectivity index (χ3n) is 3.22. The molecule has 0 saturated heterocycles. The number of ether oxygens (including phenoxy) is 1. The maximum Gasteiger partial charge on any atom is 0.170 e. The van der Waals surface area contributed by atoms with Gasteiger partial charge >= 0.3 is 0 Å². The van der Waals surface area contributed by atoms with E-state index in [1.807, 2.05) is 31.2 Å². The van der Waals surface area contributed by atoms with Crippen LogP contribution in [0, 0.1) is 6.92 Å². The molecule has 1 atom stereocenters. The fourth-order valence-electron chi connectivity index (χ4n) is 2.15. The van der Waals surface area contributed by atoms with Crippen LogP contribution in [0.1, 0.15) is 22.8 Å². The number of Topliss-reactive ketones (excluding diaryl/α,β-unsaturated/α-hetero) is 1. The number of hydrogen-bond acceptors (Lipinski definition) is 3. The van der Waals surface area contributed by atoms with Crippen LogP contribution in [0.4, 0.5) is 0 Å². The molecule has 2 aromatic carbocycles. The summed E-state index contributed by atoms with van der Waals surface area (Å²) in [6, 6.07) is 14.6. The molecule has 0 spiro atoms. The molecule has 2 rings (SSSR count). The lowest BCUT2D eigenvalue weighted by Gasteiger charge is -2.12. The summed E-state index contributed by atoms with van der Waals surface area (Å²) in [5.41, 5.74) is 2.47. The highest BCUT2D eigenvalue weighted by molar-refractivity contribution is 5.86. The Kier molecular flexibility index (Phi) is 4.53. The highest BCUT2D eigenvalue weighted by atomic mass is 16.5. The molecule has 0 heterocycles. The summed E-state index contributed by atoms with van der Waals surface area (Å²) >= 11 is 0. The van der Waals surface area contributed by atoms with Crippen LogP contribution in [0.5, 0.6) is 5.75 Å². The molecule has 2 aromatic rings. The van der Waals surface area contributed by atoms with Gasteiger partial charge in [-0.1, -0.05) is 48.0 Å². The number of aliphatic hydroxyl groups excluding tert-OH is 1. The highest BCUT2D eigenvalue weighted by Crippen LogP contribution is 2.23. The average molecular weight is 270 g/mol. The number of methoxy groups -OCH3 is 1. The number of carbonyl (C=O) groups is 1. The van der Waals surface area contributed by atoms with Crippen molar-refractivity contribution in [2.24, 2.45) is 0 Å². The summed E-state index contributed by atoms with van der Waals surface area (Å²) < 4.78 is 5.25. The highest BCUT2D eigenvalue weighted by Gasteiger charge is 2.19. The fourth-order valence-corrected chi connectivity index (χ4v) is 2.15. The predicted molar refractivity (Wildman–Crippen MR) is 77.8 cm³/mol. The second-order valence-electron chi connectivity index (χ2n) is 4.77. The van der Waals surface area contributed by atoms with Crippen molar-refractivity contribution in [3.05, 3.63) is 65.2 Å². The summed E-state index contributed by atoms with van der Waals surface area (Å²) in [6.45, 7) is 1.96. The lowest BCUT2D eigenvalue weighted by atomic mass is 9.98. The van der Waals surface area contributed by atoms with Gasteiger partial charge in [-0.05, 0) is 18.6 Å². The zero-order valence-electron chi connectivity index (χ0n) is 11.7. The third kappa shape index (κ3) is 3.25. The second-order valence-corrected chi connectivity index (χ2v) is 4.77. The monoisotopic (exact) mass is 270 g/mol. The molecule has 0 aliphatic carbocycles. The van der Waals surface area contributed by atoms with Crippen LogP contribution in [-0.4, -0.2) is 18.0 Å². The van der Waals surface area contributed by atoms with Crippen LogP contribution in [0.25, 0.3) is 0 Å². The number of hydrogen-bond donors (Lipinski definition) is 1. The molecular formula is C17H18O3. The fraction of sp³-hybridized carbons (Fsp3) is 0.235. The minimum absolute atomic E-state index is 0.154. The van der Waals surface area contributed by atoms with Crippen LogP contribution in [0.15, 0.2) is 48.5 Å². The Hall–Kier alpha value is -2.13. The first-order chi connectivity index (χ1) is 9.61. The topological polar surface area (TPSA) is 46.5 Å². The van der Waals surface area contributed by atoms with Gasteiger partial charge in [0.15, 0.2) is 5.78 Å². The van der Waals surface area contributed by atoms with Gasteiger partial charge in [0, 0.05) is 12.0 Å². The zero-order chi connectivity index (χ0) is 14.5. The summed E-state index contributed by atoms with van der Waals surface area (Å²) in [6.07, 6.45) is -0.942. The van der Waals surface area contributed by atoms with E-state index in [1.165, 1.54) is 0 Å². The van der Waals surface area contributed by atoms with E-state index >= 15 is 0 Å². The molecular weight excluding hydrogens is 252 g/mol. The van der Waals surface area contributed by atoms with Crippen molar-refractivity contribution in [2.75, 3.05) is 7.11 Å². The van der Waals surface area contributed by atoms with Crippen LogP contribution in [-0.2, 0) is 11.2 Å². The standard InChI is InChI=1S/C17H18O3/c1-12-8-9-16(20-2)14(10-12)11-15(18)17(19)13-6-4-3-5-7-13/h3-10,17,19H,11H2,1-2H3. The van der Waals surface area contributed by atoms with E-state index < -0.39 is 6.10 Å². The third-order valence-corrected chi connectivity index (χ3v) is 3.22. The summed E-state index contributed by atoms with van der Waals surface area (Å²) in [5, 5.41) is 10.1. The van der Waals surface area contributed by atoms with E-state index in [4.69, 9.17) is 4.74 Å². The first-order valence-corrected chi connectivity index (χ1v) is 6.51. The van der Waals surface area contributed by atoms with Crippen molar-refractivity contribution in [1.29, 1.82) is 0 Å². The van der Waals surface area contributed by atoms with Crippen LogP contribution >= 0.6 is 0 Å². The number of ketones is 1. The molecule has 0 fully saturated rings. The van der Waals surface area contributed by atoms with Gasteiger partial charge < -0.3 is 9.84 Å². The molecule has 3 heteroatoms. The number of rotatable bonds is 5. The molecule has 104 valence electrons. The van der Waals surface area contributed by atoms with E-state index in [0.29, 0.717) is 11.3 Å². The van der Waals surface area contributed by atoms with Crippen molar-refractivity contribution in [3.63, 3.8) is 0 Å². The van der Waals surface area contributed by atoms with Gasteiger partial charge in [0.2, 0.25) is 0 Å². The molecule has 0 amide bonds. The van der Waals surface area contributed by atoms with Crippen molar-refractivity contribution in [3.8, 4) is 5.75 Å². The molecule has 1 unspecified atom stereocenters. The molecule has 0 aromatic heterocycles. The Morgan fingerprint density at radius 1 is 1.20 bits per heavy atom. The van der Waals surface area contributed by atoms with Gasteiger partial charge in [-0.2, -0.15) is 0 Å². The van der Waals surface area contributed by atoms with E-state index in [1.54, 1.807) is 31.4 Å². The Morgan fingerprint density at radius 2 is 1.90 bits per heavy atom. The predicted octanol–water partition coefficient (Wildman–Crippen LogP) is 2.85. The van der Waals surface area contributed by atoms with Crippen LogP contribution in [0.2, 0.25) is 0 Å². The molecule has 0 aliphatic heterocycles. The zero-order valence-corrected chi connectivity index (χ0v) is 11.7. The van der Waals surface area contributed by atoms with Crippen LogP contribution in [0.3, 0.4) is 0 Å². The minimum atomic E-state index is -1.10. The summed E-state index contributed by atoms with van der Waals surface area (Å²) in [7, 11) is 1.58. The Balaban J connectivity index is 2.18. The van der Waals surface area contributed by atoms with Crippen molar-refractivity contribution in [2.45, 2.75) is 19.4 Å². The van der Waals surface area contributed by atoms with Crippen molar-refractivity contribution >= 4 is 5.78 Å². The van der Waals surface area contributed by atoms with E-state index in [-0.39, 0.29) is 12.2 Å². The smallest absolute Gasteiger partial charge is 0.170 e. The summed E-state index contributed by atoms with van der Waals surface area (Å²) in [5.74, 6) is 0.435. The average Bonchev–Trinajstić information content (AvgIpc) is 2.47. The molecule has 0 aliphatic rings. The van der Waals surface area contributed by atoms with E-state index in [9.17, 15) is 9.90 Å². The van der Waals surface area contributed by atoms with Crippen molar-refractivity contribution in [1.82, 2.24) is 0 Å². The van der Waals surface area contributed by atoms with Gasteiger partial charge in [-0.3, -0.25) is 4.79 Å². The molecule has 0 bridgehead atoms. The first kappa shape index (κ1) is 14.3. The first-order valence-electron chi connectivity index (χ1n) is 6.51. The van der Waals surface area contributed by atoms with Gasteiger partial charge in [-0.15, -0.1) is 0 Å². The Morgan fingerprint density at radius 3 is 2.55 bits per heavy atom. The number of carbonyl (C=O) groups excluding carboxylic acids is 1. The Labute approximate surface area is 118 Å². The lowest BCUT2D eigenvalue weighted by Crippen LogP contribution is -2.15. The van der Waals surface area contributed by atoms with Crippen LogP contribution < -0.4 is 4.74 Å². The maximum atomic E-state index is 12.2. The number of aliphatic hydroxyl groups is 1. The summed E-state index contributed by atoms with van der Waals surface area (Å²) in [4.78, 5) is 12.2. The van der Waals surface area contributed by atoms with Gasteiger partial charge in [0.05, 0.1) is 7.11 Å². The van der Waals surface area contributed by atoms with Gasteiger partial charge in [-0.25, -0.2) is 0 Å². The second kappa shape index (κ2) is 6.35. The van der Waals surface area contributed by atoms with E-state index in [0.717, 1.165) is 11.1 Å². The Bertz CT molecular complexity index is 590. The maximum absolute atomic E-state index is 12.2. The molecule has 0 saturated carbocycles.